The van der Waals surface area contributed by atoms with Crippen LogP contribution < -0.4 is 16.0 Å². The third-order valence-corrected chi connectivity index (χ3v) is 6.94. The number of thioether (sulfide) groups is 1. The number of carbonyl (C=O) groups is 1. The van der Waals surface area contributed by atoms with E-state index in [2.05, 4.69) is 32.2 Å². The Morgan fingerprint density at radius 1 is 1.25 bits per heavy atom. The molecule has 2 aromatic heterocycles. The number of carbonyl (C=O) groups excluding carboxylic acids is 1. The van der Waals surface area contributed by atoms with E-state index in [0.717, 1.165) is 62.4 Å². The van der Waals surface area contributed by atoms with Crippen molar-refractivity contribution < 1.29 is 4.79 Å². The lowest BCUT2D eigenvalue weighted by atomic mass is 10.3. The Balaban J connectivity index is 1.49. The topological polar surface area (TPSA) is 83.4 Å². The second kappa shape index (κ2) is 8.22. The standard InChI is InChI=1S/C18H24N6O2S2/c1-12-10-28-17(19-12)20-15(25)11-27-16-13-4-3-5-14(13)24(18(26)21-16)23-8-6-22(2)7-9-23/h10H,3-9,11H2,1-2H3,(H,19,20,25). The first kappa shape index (κ1) is 19.4. The van der Waals surface area contributed by atoms with Gasteiger partial charge in [0.2, 0.25) is 5.91 Å². The highest BCUT2D eigenvalue weighted by atomic mass is 32.2. The molecular weight excluding hydrogens is 396 g/mol. The average molecular weight is 421 g/mol. The van der Waals surface area contributed by atoms with Gasteiger partial charge in [-0.3, -0.25) is 4.79 Å². The van der Waals surface area contributed by atoms with Crippen molar-refractivity contribution >= 4 is 34.1 Å². The van der Waals surface area contributed by atoms with Gasteiger partial charge in [0.25, 0.3) is 0 Å². The molecule has 1 saturated heterocycles. The molecule has 1 fully saturated rings. The third kappa shape index (κ3) is 4.08. The molecule has 0 atom stereocenters. The molecule has 2 aliphatic rings. The number of hydrogen-bond acceptors (Lipinski definition) is 8. The van der Waals surface area contributed by atoms with Crippen LogP contribution in [0.15, 0.2) is 15.2 Å². The molecule has 1 N–H and O–H groups in total. The second-order valence-corrected chi connectivity index (χ2v) is 9.00. The normalized spacial score (nSPS) is 17.0. The van der Waals surface area contributed by atoms with E-state index < -0.39 is 0 Å². The van der Waals surface area contributed by atoms with Gasteiger partial charge in [0.15, 0.2) is 5.13 Å². The molecule has 0 unspecified atom stereocenters. The van der Waals surface area contributed by atoms with E-state index in [9.17, 15) is 9.59 Å². The minimum absolute atomic E-state index is 0.129. The van der Waals surface area contributed by atoms with Crippen LogP contribution in [0.1, 0.15) is 23.4 Å². The summed E-state index contributed by atoms with van der Waals surface area (Å²) in [4.78, 5) is 35.9. The van der Waals surface area contributed by atoms with E-state index in [1.165, 1.54) is 23.1 Å². The van der Waals surface area contributed by atoms with E-state index in [-0.39, 0.29) is 17.3 Å². The highest BCUT2D eigenvalue weighted by Gasteiger charge is 2.26. The van der Waals surface area contributed by atoms with Crippen molar-refractivity contribution in [2.45, 2.75) is 31.2 Å². The minimum Gasteiger partial charge on any atom is -0.306 e. The predicted octanol–water partition coefficient (Wildman–Crippen LogP) is 1.11. The summed E-state index contributed by atoms with van der Waals surface area (Å²) < 4.78 is 1.79. The second-order valence-electron chi connectivity index (χ2n) is 7.18. The van der Waals surface area contributed by atoms with E-state index in [1.807, 2.05) is 12.3 Å². The Morgan fingerprint density at radius 2 is 2.04 bits per heavy atom. The van der Waals surface area contributed by atoms with E-state index >= 15 is 0 Å². The molecule has 1 amide bonds. The fourth-order valence-corrected chi connectivity index (χ4v) is 5.20. The number of aryl methyl sites for hydroxylation is 1. The zero-order valence-electron chi connectivity index (χ0n) is 16.1. The summed E-state index contributed by atoms with van der Waals surface area (Å²) in [5.74, 6) is 0.0897. The Labute approximate surface area is 171 Å². The molecule has 150 valence electrons. The number of anilines is 1. The number of nitrogens with one attached hydrogen (secondary N) is 1. The number of fused-ring (bicyclic) bond motifs is 1. The fourth-order valence-electron chi connectivity index (χ4n) is 3.62. The number of thiazole rings is 1. The molecule has 28 heavy (non-hydrogen) atoms. The van der Waals surface area contributed by atoms with Crippen molar-refractivity contribution in [3.05, 3.63) is 32.8 Å². The highest BCUT2D eigenvalue weighted by Crippen LogP contribution is 2.29. The fraction of sp³-hybridized carbons (Fsp3) is 0.556. The summed E-state index contributed by atoms with van der Waals surface area (Å²) in [6.45, 7) is 5.42. The Hall–Kier alpha value is -1.91. The summed E-state index contributed by atoms with van der Waals surface area (Å²) in [6.07, 6.45) is 2.82. The van der Waals surface area contributed by atoms with Gasteiger partial charge in [0, 0.05) is 37.1 Å². The van der Waals surface area contributed by atoms with E-state index in [1.54, 1.807) is 4.68 Å². The summed E-state index contributed by atoms with van der Waals surface area (Å²) in [5.41, 5.74) is 2.85. The summed E-state index contributed by atoms with van der Waals surface area (Å²) >= 11 is 2.75. The Morgan fingerprint density at radius 3 is 2.75 bits per heavy atom. The minimum atomic E-state index is -0.233. The van der Waals surface area contributed by atoms with Crippen LogP contribution in [0.25, 0.3) is 0 Å². The molecule has 0 bridgehead atoms. The number of nitrogens with zero attached hydrogens (tertiary/aromatic N) is 5. The van der Waals surface area contributed by atoms with Crippen LogP contribution in [-0.4, -0.2) is 64.4 Å². The van der Waals surface area contributed by atoms with Crippen LogP contribution in [0.2, 0.25) is 0 Å². The third-order valence-electron chi connectivity index (χ3n) is 5.05. The molecule has 0 spiro atoms. The summed E-state index contributed by atoms with van der Waals surface area (Å²) in [7, 11) is 2.10. The van der Waals surface area contributed by atoms with Gasteiger partial charge in [-0.1, -0.05) is 11.8 Å². The number of aromatic nitrogens is 3. The first-order valence-corrected chi connectivity index (χ1v) is 11.3. The van der Waals surface area contributed by atoms with Crippen LogP contribution in [0.3, 0.4) is 0 Å². The molecular formula is C18H24N6O2S2. The number of hydrogen-bond donors (Lipinski definition) is 1. The van der Waals surface area contributed by atoms with Gasteiger partial charge in [0.05, 0.1) is 17.1 Å². The zero-order valence-corrected chi connectivity index (χ0v) is 17.7. The molecule has 2 aromatic rings. The number of piperazine rings is 1. The van der Waals surface area contributed by atoms with Crippen molar-refractivity contribution in [2.75, 3.05) is 49.3 Å². The lowest BCUT2D eigenvalue weighted by molar-refractivity contribution is -0.113. The lowest BCUT2D eigenvalue weighted by Gasteiger charge is -2.35. The van der Waals surface area contributed by atoms with Crippen LogP contribution >= 0.6 is 23.1 Å². The molecule has 0 aromatic carbocycles. The monoisotopic (exact) mass is 420 g/mol. The van der Waals surface area contributed by atoms with Crippen molar-refractivity contribution in [2.24, 2.45) is 0 Å². The molecule has 1 aliphatic carbocycles. The maximum Gasteiger partial charge on any atom is 0.367 e. The quantitative estimate of drug-likeness (QED) is 0.573. The number of amides is 1. The summed E-state index contributed by atoms with van der Waals surface area (Å²) in [5, 5.41) is 8.13. The van der Waals surface area contributed by atoms with Crippen LogP contribution in [0.5, 0.6) is 0 Å². The van der Waals surface area contributed by atoms with Crippen molar-refractivity contribution in [3.63, 3.8) is 0 Å². The largest absolute Gasteiger partial charge is 0.367 e. The van der Waals surface area contributed by atoms with Gasteiger partial charge < -0.3 is 15.2 Å². The first-order valence-electron chi connectivity index (χ1n) is 9.44. The molecule has 10 heteroatoms. The molecule has 1 aliphatic heterocycles. The lowest BCUT2D eigenvalue weighted by Crippen LogP contribution is -2.54. The Bertz CT molecular complexity index is 933. The van der Waals surface area contributed by atoms with Crippen molar-refractivity contribution in [1.82, 2.24) is 19.5 Å². The molecule has 4 rings (SSSR count). The molecule has 0 radical (unpaired) electrons. The van der Waals surface area contributed by atoms with Gasteiger partial charge in [-0.05, 0) is 33.2 Å². The molecule has 3 heterocycles. The maximum atomic E-state index is 12.8. The van der Waals surface area contributed by atoms with Crippen LogP contribution in [-0.2, 0) is 17.6 Å². The first-order chi connectivity index (χ1) is 13.5. The highest BCUT2D eigenvalue weighted by molar-refractivity contribution is 8.00. The van der Waals surface area contributed by atoms with E-state index in [0.29, 0.717) is 10.2 Å². The van der Waals surface area contributed by atoms with Gasteiger partial charge in [-0.25, -0.2) is 14.5 Å². The van der Waals surface area contributed by atoms with Crippen molar-refractivity contribution in [1.29, 1.82) is 0 Å². The van der Waals surface area contributed by atoms with Crippen molar-refractivity contribution in [3.8, 4) is 0 Å². The molecule has 8 nitrogen and oxygen atoms in total. The predicted molar refractivity (Wildman–Crippen MR) is 112 cm³/mol. The average Bonchev–Trinajstić information content (AvgIpc) is 3.30. The van der Waals surface area contributed by atoms with Crippen LogP contribution in [0.4, 0.5) is 5.13 Å². The summed E-state index contributed by atoms with van der Waals surface area (Å²) in [6, 6.07) is 0. The Kier molecular flexibility index (Phi) is 5.70. The van der Waals surface area contributed by atoms with E-state index in [4.69, 9.17) is 0 Å². The smallest absolute Gasteiger partial charge is 0.306 e. The number of likely N-dealkylation sites (N-methyl/N-ethyl adjacent to an activating group) is 1. The van der Waals surface area contributed by atoms with Gasteiger partial charge in [-0.15, -0.1) is 11.3 Å². The van der Waals surface area contributed by atoms with Gasteiger partial charge in [-0.2, -0.15) is 4.98 Å². The van der Waals surface area contributed by atoms with Crippen LogP contribution in [0, 0.1) is 6.92 Å². The van der Waals surface area contributed by atoms with Gasteiger partial charge >= 0.3 is 5.69 Å². The molecule has 0 saturated carbocycles. The SMILES string of the molecule is Cc1csc(NC(=O)CSc2nc(=O)n(N3CCN(C)CC3)c3c2CCC3)n1. The van der Waals surface area contributed by atoms with Gasteiger partial charge in [0.1, 0.15) is 5.03 Å². The zero-order chi connectivity index (χ0) is 19.7. The number of rotatable bonds is 5. The maximum absolute atomic E-state index is 12.8.